The molecule has 0 aromatic rings. The van der Waals surface area contributed by atoms with Gasteiger partial charge in [-0.3, -0.25) is 4.79 Å². The molecular formula is C16H30N2O4. The highest BCUT2D eigenvalue weighted by atomic mass is 16.5. The Morgan fingerprint density at radius 2 is 1.23 bits per heavy atom. The van der Waals surface area contributed by atoms with Crippen molar-refractivity contribution in [1.82, 2.24) is 0 Å². The molecule has 0 aliphatic carbocycles. The molecule has 1 saturated heterocycles. The Bertz CT molecular complexity index is 345. The van der Waals surface area contributed by atoms with Gasteiger partial charge in [-0.2, -0.15) is 0 Å². The Labute approximate surface area is 132 Å². The Morgan fingerprint density at radius 1 is 0.727 bits per heavy atom. The molecule has 6 heteroatoms. The SMILES string of the molecule is NC1(N)CCCC(=O)OCCCCCCCCCCOC1=O. The van der Waals surface area contributed by atoms with Crippen LogP contribution in [0.4, 0.5) is 0 Å². The first kappa shape index (κ1) is 18.9. The summed E-state index contributed by atoms with van der Waals surface area (Å²) in [7, 11) is 0. The summed E-state index contributed by atoms with van der Waals surface area (Å²) >= 11 is 0. The molecule has 0 bridgehead atoms. The molecule has 0 aromatic carbocycles. The van der Waals surface area contributed by atoms with Crippen LogP contribution in [-0.4, -0.2) is 30.8 Å². The van der Waals surface area contributed by atoms with E-state index in [4.69, 9.17) is 20.9 Å². The summed E-state index contributed by atoms with van der Waals surface area (Å²) in [6, 6.07) is 0. The predicted molar refractivity (Wildman–Crippen MR) is 83.8 cm³/mol. The van der Waals surface area contributed by atoms with Crippen molar-refractivity contribution in [3.63, 3.8) is 0 Å². The van der Waals surface area contributed by atoms with Crippen LogP contribution in [0.2, 0.25) is 0 Å². The third-order valence-electron chi connectivity index (χ3n) is 3.89. The topological polar surface area (TPSA) is 105 Å². The van der Waals surface area contributed by atoms with E-state index in [9.17, 15) is 9.59 Å². The van der Waals surface area contributed by atoms with E-state index in [0.717, 1.165) is 32.1 Å². The van der Waals surface area contributed by atoms with Crippen LogP contribution in [0.25, 0.3) is 0 Å². The molecule has 0 amide bonds. The number of hydrogen-bond acceptors (Lipinski definition) is 6. The standard InChI is InChI=1S/C16H30N2O4/c17-16(18)11-9-10-14(19)21-12-7-5-3-1-2-4-6-8-13-22-15(16)20/h1-13,17-18H2. The Balaban J connectivity index is 2.40. The van der Waals surface area contributed by atoms with Crippen LogP contribution in [0, 0.1) is 0 Å². The number of ether oxygens (including phenoxy) is 2. The van der Waals surface area contributed by atoms with E-state index in [-0.39, 0.29) is 18.8 Å². The second kappa shape index (κ2) is 10.6. The van der Waals surface area contributed by atoms with Crippen molar-refractivity contribution in [2.45, 2.75) is 76.3 Å². The molecule has 0 aromatic heterocycles. The first-order chi connectivity index (χ1) is 10.5. The first-order valence-electron chi connectivity index (χ1n) is 8.43. The van der Waals surface area contributed by atoms with Crippen LogP contribution in [0.1, 0.15) is 70.6 Å². The van der Waals surface area contributed by atoms with Crippen molar-refractivity contribution in [2.75, 3.05) is 13.2 Å². The molecule has 1 heterocycles. The summed E-state index contributed by atoms with van der Waals surface area (Å²) in [5.41, 5.74) is 10.0. The number of carbonyl (C=O) groups is 2. The minimum atomic E-state index is -1.52. The molecule has 4 N–H and O–H groups in total. The summed E-state index contributed by atoms with van der Waals surface area (Å²) in [6.07, 6.45) is 9.45. The summed E-state index contributed by atoms with van der Waals surface area (Å²) in [5, 5.41) is 0. The molecule has 128 valence electrons. The number of nitrogens with two attached hydrogens (primary N) is 2. The lowest BCUT2D eigenvalue weighted by Gasteiger charge is -2.22. The van der Waals surface area contributed by atoms with Crippen LogP contribution in [0.5, 0.6) is 0 Å². The quantitative estimate of drug-likeness (QED) is 0.523. The minimum Gasteiger partial charge on any atom is -0.466 e. The van der Waals surface area contributed by atoms with Crippen LogP contribution < -0.4 is 11.5 Å². The zero-order valence-electron chi connectivity index (χ0n) is 13.5. The zero-order valence-corrected chi connectivity index (χ0v) is 13.5. The maximum atomic E-state index is 11.8. The van der Waals surface area contributed by atoms with Crippen molar-refractivity contribution in [1.29, 1.82) is 0 Å². The van der Waals surface area contributed by atoms with Crippen molar-refractivity contribution >= 4 is 11.9 Å². The third kappa shape index (κ3) is 8.34. The molecule has 1 rings (SSSR count). The molecule has 1 aliphatic heterocycles. The van der Waals surface area contributed by atoms with Crippen molar-refractivity contribution < 1.29 is 19.1 Å². The molecule has 0 spiro atoms. The lowest BCUT2D eigenvalue weighted by Crippen LogP contribution is -2.57. The van der Waals surface area contributed by atoms with E-state index in [1.807, 2.05) is 0 Å². The lowest BCUT2D eigenvalue weighted by atomic mass is 10.0. The van der Waals surface area contributed by atoms with Gasteiger partial charge in [0.15, 0.2) is 5.66 Å². The summed E-state index contributed by atoms with van der Waals surface area (Å²) < 4.78 is 10.3. The highest BCUT2D eigenvalue weighted by Gasteiger charge is 2.30. The lowest BCUT2D eigenvalue weighted by molar-refractivity contribution is -0.151. The zero-order chi connectivity index (χ0) is 16.3. The number of carbonyl (C=O) groups excluding carboxylic acids is 2. The smallest absolute Gasteiger partial charge is 0.340 e. The largest absolute Gasteiger partial charge is 0.466 e. The molecule has 6 nitrogen and oxygen atoms in total. The van der Waals surface area contributed by atoms with Crippen molar-refractivity contribution in [2.24, 2.45) is 11.5 Å². The van der Waals surface area contributed by atoms with E-state index >= 15 is 0 Å². The van der Waals surface area contributed by atoms with E-state index < -0.39 is 11.6 Å². The number of rotatable bonds is 0. The fraction of sp³-hybridized carbons (Fsp3) is 0.875. The fourth-order valence-electron chi connectivity index (χ4n) is 2.45. The van der Waals surface area contributed by atoms with Gasteiger partial charge in [0.05, 0.1) is 13.2 Å². The van der Waals surface area contributed by atoms with E-state index in [1.165, 1.54) is 19.3 Å². The van der Waals surface area contributed by atoms with Crippen LogP contribution >= 0.6 is 0 Å². The molecule has 0 radical (unpaired) electrons. The number of esters is 2. The van der Waals surface area contributed by atoms with Crippen LogP contribution in [-0.2, 0) is 19.1 Å². The Hall–Kier alpha value is -1.14. The van der Waals surface area contributed by atoms with Crippen LogP contribution in [0.15, 0.2) is 0 Å². The summed E-state index contributed by atoms with van der Waals surface area (Å²) in [6.45, 7) is 0.828. The molecule has 0 atom stereocenters. The maximum Gasteiger partial charge on any atom is 0.340 e. The number of cyclic esters (lactones) is 2. The van der Waals surface area contributed by atoms with Gasteiger partial charge in [0.1, 0.15) is 0 Å². The second-order valence-electron chi connectivity index (χ2n) is 6.08. The van der Waals surface area contributed by atoms with Crippen LogP contribution in [0.3, 0.4) is 0 Å². The fourth-order valence-corrected chi connectivity index (χ4v) is 2.45. The highest BCUT2D eigenvalue weighted by Crippen LogP contribution is 2.12. The summed E-state index contributed by atoms with van der Waals surface area (Å²) in [4.78, 5) is 23.4. The summed E-state index contributed by atoms with van der Waals surface area (Å²) in [5.74, 6) is -0.854. The van der Waals surface area contributed by atoms with Gasteiger partial charge in [-0.25, -0.2) is 4.79 Å². The van der Waals surface area contributed by atoms with Crippen molar-refractivity contribution in [3.05, 3.63) is 0 Å². The molecule has 1 fully saturated rings. The monoisotopic (exact) mass is 314 g/mol. The normalized spacial score (nSPS) is 23.7. The van der Waals surface area contributed by atoms with Gasteiger partial charge in [0.25, 0.3) is 0 Å². The highest BCUT2D eigenvalue weighted by molar-refractivity contribution is 5.79. The maximum absolute atomic E-state index is 11.8. The Kier molecular flexibility index (Phi) is 9.08. The molecule has 0 saturated carbocycles. The van der Waals surface area contributed by atoms with Gasteiger partial charge in [-0.1, -0.05) is 38.5 Å². The first-order valence-corrected chi connectivity index (χ1v) is 8.43. The van der Waals surface area contributed by atoms with E-state index in [0.29, 0.717) is 19.6 Å². The van der Waals surface area contributed by atoms with Gasteiger partial charge in [0, 0.05) is 6.42 Å². The molecule has 0 unspecified atom stereocenters. The van der Waals surface area contributed by atoms with E-state index in [2.05, 4.69) is 0 Å². The minimum absolute atomic E-state index is 0.209. The number of hydrogen-bond donors (Lipinski definition) is 2. The molecule has 1 aliphatic rings. The van der Waals surface area contributed by atoms with Gasteiger partial charge in [-0.05, 0) is 25.7 Å². The Morgan fingerprint density at radius 3 is 1.82 bits per heavy atom. The van der Waals surface area contributed by atoms with Gasteiger partial charge in [0.2, 0.25) is 0 Å². The second-order valence-corrected chi connectivity index (χ2v) is 6.08. The van der Waals surface area contributed by atoms with E-state index in [1.54, 1.807) is 0 Å². The van der Waals surface area contributed by atoms with Gasteiger partial charge in [-0.15, -0.1) is 0 Å². The average Bonchev–Trinajstić information content (AvgIpc) is 2.47. The predicted octanol–water partition coefficient (Wildman–Crippen LogP) is 1.99. The molecular weight excluding hydrogens is 284 g/mol. The third-order valence-corrected chi connectivity index (χ3v) is 3.89. The van der Waals surface area contributed by atoms with Gasteiger partial charge >= 0.3 is 11.9 Å². The van der Waals surface area contributed by atoms with Crippen molar-refractivity contribution in [3.8, 4) is 0 Å². The average molecular weight is 314 g/mol. The molecule has 22 heavy (non-hydrogen) atoms. The van der Waals surface area contributed by atoms with Gasteiger partial charge < -0.3 is 20.9 Å².